The van der Waals surface area contributed by atoms with Crippen molar-refractivity contribution in [3.8, 4) is 0 Å². The monoisotopic (exact) mass is 334 g/mol. The first-order valence-electron chi connectivity index (χ1n) is 7.76. The molecule has 0 radical (unpaired) electrons. The fourth-order valence-corrected chi connectivity index (χ4v) is 7.83. The molecule has 0 aliphatic rings. The van der Waals surface area contributed by atoms with Crippen LogP contribution in [0, 0.1) is 0 Å². The van der Waals surface area contributed by atoms with E-state index >= 15 is 0 Å². The Morgan fingerprint density at radius 3 is 2.14 bits per heavy atom. The summed E-state index contributed by atoms with van der Waals surface area (Å²) in [5.74, 6) is -0.351. The Kier molecular flexibility index (Phi) is 4.36. The summed E-state index contributed by atoms with van der Waals surface area (Å²) in [6, 6.07) is 4.40. The second-order valence-electron chi connectivity index (χ2n) is 7.74. The number of nitrogens with zero attached hydrogens (tertiary/aromatic N) is 1. The summed E-state index contributed by atoms with van der Waals surface area (Å²) in [5.41, 5.74) is 1.33. The zero-order valence-corrected chi connectivity index (χ0v) is 16.6. The van der Waals surface area contributed by atoms with Crippen LogP contribution in [0.15, 0.2) is 12.1 Å². The third-order valence-electron chi connectivity index (χ3n) is 3.79. The quantitative estimate of drug-likeness (QED) is 0.691. The van der Waals surface area contributed by atoms with E-state index < -0.39 is 16.1 Å². The van der Waals surface area contributed by atoms with E-state index in [1.165, 1.54) is 10.4 Å². The Balaban J connectivity index is 2.73. The summed E-state index contributed by atoms with van der Waals surface area (Å²) < 4.78 is 5.12. The number of rotatable bonds is 4. The third kappa shape index (κ3) is 3.17. The molecule has 2 aromatic rings. The van der Waals surface area contributed by atoms with Crippen LogP contribution in [0.4, 0.5) is 0 Å². The van der Waals surface area contributed by atoms with E-state index in [0.717, 1.165) is 10.9 Å². The minimum atomic E-state index is -1.51. The van der Waals surface area contributed by atoms with Crippen molar-refractivity contribution in [3.05, 3.63) is 17.8 Å². The van der Waals surface area contributed by atoms with Crippen LogP contribution >= 0.6 is 0 Å². The van der Waals surface area contributed by atoms with Crippen LogP contribution in [0.3, 0.4) is 0 Å². The molecule has 0 saturated carbocycles. The van der Waals surface area contributed by atoms with Gasteiger partial charge in [-0.3, -0.25) is 5.10 Å². The van der Waals surface area contributed by atoms with Crippen molar-refractivity contribution in [2.24, 2.45) is 0 Å². The van der Waals surface area contributed by atoms with Crippen LogP contribution in [0.25, 0.3) is 10.9 Å². The van der Waals surface area contributed by atoms with Gasteiger partial charge in [-0.2, -0.15) is 5.10 Å². The number of aromatic nitrogens is 2. The summed E-state index contributed by atoms with van der Waals surface area (Å²) >= 11 is 0. The third-order valence-corrected chi connectivity index (χ3v) is 8.10. The molecule has 0 atom stereocenters. The van der Waals surface area contributed by atoms with Crippen LogP contribution in [-0.2, 0) is 4.74 Å². The summed E-state index contributed by atoms with van der Waals surface area (Å²) in [6.45, 7) is 16.3. The minimum Gasteiger partial charge on any atom is -0.461 e. The van der Waals surface area contributed by atoms with Gasteiger partial charge >= 0.3 is 5.97 Å². The topological polar surface area (TPSA) is 55.0 Å². The van der Waals surface area contributed by atoms with Gasteiger partial charge in [-0.05, 0) is 13.0 Å². The van der Waals surface area contributed by atoms with Crippen LogP contribution in [0.1, 0.15) is 17.4 Å². The predicted molar refractivity (Wildman–Crippen MR) is 98.0 cm³/mol. The van der Waals surface area contributed by atoms with E-state index in [-0.39, 0.29) is 5.97 Å². The molecule has 0 saturated heterocycles. The van der Waals surface area contributed by atoms with Gasteiger partial charge in [0.2, 0.25) is 0 Å². The first-order chi connectivity index (χ1) is 10.1. The standard InChI is InChI=1S/C16H26N2O2Si2/c1-8-20-16(19)15-11-9-13(21(2,3)4)14(22(5,6)7)10-12(11)17-18-15/h9-10H,8H2,1-7H3,(H,17,18). The van der Waals surface area contributed by atoms with Crippen molar-refractivity contribution in [2.45, 2.75) is 46.2 Å². The average molecular weight is 335 g/mol. The normalized spacial score (nSPS) is 12.7. The molecule has 0 spiro atoms. The lowest BCUT2D eigenvalue weighted by molar-refractivity contribution is 0.0521. The van der Waals surface area contributed by atoms with Gasteiger partial charge in [0, 0.05) is 5.39 Å². The number of H-pyrrole nitrogens is 1. The van der Waals surface area contributed by atoms with E-state index in [1.54, 1.807) is 0 Å². The van der Waals surface area contributed by atoms with E-state index in [1.807, 2.05) is 6.92 Å². The second kappa shape index (κ2) is 5.66. The molecule has 0 aliphatic carbocycles. The van der Waals surface area contributed by atoms with Gasteiger partial charge < -0.3 is 4.74 Å². The number of carbonyl (C=O) groups excluding carboxylic acids is 1. The maximum atomic E-state index is 12.1. The Bertz CT molecular complexity index is 709. The lowest BCUT2D eigenvalue weighted by Crippen LogP contribution is -2.56. The van der Waals surface area contributed by atoms with Crippen LogP contribution in [-0.4, -0.2) is 38.9 Å². The highest BCUT2D eigenvalue weighted by molar-refractivity contribution is 6.98. The van der Waals surface area contributed by atoms with Crippen molar-refractivity contribution in [1.29, 1.82) is 0 Å². The van der Waals surface area contributed by atoms with Crippen molar-refractivity contribution in [2.75, 3.05) is 6.61 Å². The molecule has 1 heterocycles. The molecule has 1 aromatic carbocycles. The van der Waals surface area contributed by atoms with Gasteiger partial charge in [0.1, 0.15) is 0 Å². The van der Waals surface area contributed by atoms with Crippen molar-refractivity contribution < 1.29 is 9.53 Å². The number of hydrogen-bond acceptors (Lipinski definition) is 3. The van der Waals surface area contributed by atoms with Gasteiger partial charge in [0.05, 0.1) is 28.3 Å². The maximum absolute atomic E-state index is 12.1. The Morgan fingerprint density at radius 2 is 1.64 bits per heavy atom. The number of esters is 1. The molecule has 4 nitrogen and oxygen atoms in total. The fourth-order valence-electron chi connectivity index (χ4n) is 2.66. The first-order valence-corrected chi connectivity index (χ1v) is 14.8. The van der Waals surface area contributed by atoms with Crippen molar-refractivity contribution in [3.63, 3.8) is 0 Å². The first kappa shape index (κ1) is 17.0. The Hall–Kier alpha value is -1.41. The van der Waals surface area contributed by atoms with Gasteiger partial charge in [-0.1, -0.05) is 55.7 Å². The summed E-state index contributed by atoms with van der Waals surface area (Å²) in [4.78, 5) is 12.1. The maximum Gasteiger partial charge on any atom is 0.359 e. The highest BCUT2D eigenvalue weighted by atomic mass is 28.3. The molecule has 1 aromatic heterocycles. The van der Waals surface area contributed by atoms with Crippen LogP contribution < -0.4 is 10.4 Å². The molecule has 0 amide bonds. The smallest absolute Gasteiger partial charge is 0.359 e. The van der Waals surface area contributed by atoms with E-state index in [9.17, 15) is 4.79 Å². The largest absolute Gasteiger partial charge is 0.461 e. The highest BCUT2D eigenvalue weighted by Crippen LogP contribution is 2.18. The van der Waals surface area contributed by atoms with Crippen LogP contribution in [0.2, 0.25) is 39.3 Å². The second-order valence-corrected chi connectivity index (χ2v) is 17.8. The van der Waals surface area contributed by atoms with E-state index in [0.29, 0.717) is 12.3 Å². The van der Waals surface area contributed by atoms with Gasteiger partial charge in [0.25, 0.3) is 0 Å². The van der Waals surface area contributed by atoms with Crippen molar-refractivity contribution >= 4 is 43.4 Å². The average Bonchev–Trinajstić information content (AvgIpc) is 2.78. The molecule has 22 heavy (non-hydrogen) atoms. The zero-order valence-electron chi connectivity index (χ0n) is 14.6. The van der Waals surface area contributed by atoms with Gasteiger partial charge in [-0.25, -0.2) is 4.79 Å². The number of nitrogens with one attached hydrogen (secondary N) is 1. The molecular formula is C16H26N2O2Si2. The molecule has 120 valence electrons. The fraction of sp³-hybridized carbons (Fsp3) is 0.500. The molecule has 0 aliphatic heterocycles. The van der Waals surface area contributed by atoms with Gasteiger partial charge in [-0.15, -0.1) is 0 Å². The van der Waals surface area contributed by atoms with Crippen molar-refractivity contribution in [1.82, 2.24) is 10.2 Å². The summed E-state index contributed by atoms with van der Waals surface area (Å²) in [7, 11) is -2.98. The molecule has 1 N–H and O–H groups in total. The summed E-state index contributed by atoms with van der Waals surface area (Å²) in [5, 5.41) is 11.0. The molecule has 2 rings (SSSR count). The number of hydrogen-bond donors (Lipinski definition) is 1. The molecular weight excluding hydrogens is 308 g/mol. The highest BCUT2D eigenvalue weighted by Gasteiger charge is 2.29. The molecule has 0 unspecified atom stereocenters. The number of aromatic amines is 1. The lowest BCUT2D eigenvalue weighted by Gasteiger charge is -2.28. The SMILES string of the molecule is CCOC(=O)c1n[nH]c2cc([Si](C)(C)C)c([Si](C)(C)C)cc12. The number of benzene rings is 1. The number of carbonyl (C=O) groups is 1. The van der Waals surface area contributed by atoms with E-state index in [2.05, 4.69) is 61.6 Å². The lowest BCUT2D eigenvalue weighted by atomic mass is 10.2. The Morgan fingerprint density at radius 1 is 1.09 bits per heavy atom. The molecule has 0 fully saturated rings. The molecule has 0 bridgehead atoms. The predicted octanol–water partition coefficient (Wildman–Crippen LogP) is 2.83. The number of fused-ring (bicyclic) bond motifs is 1. The van der Waals surface area contributed by atoms with E-state index in [4.69, 9.17) is 4.74 Å². The zero-order chi connectivity index (χ0) is 16.7. The molecule has 6 heteroatoms. The number of ether oxygens (including phenoxy) is 1. The van der Waals surface area contributed by atoms with Crippen LogP contribution in [0.5, 0.6) is 0 Å². The Labute approximate surface area is 134 Å². The minimum absolute atomic E-state index is 0.351. The summed E-state index contributed by atoms with van der Waals surface area (Å²) in [6.07, 6.45) is 0. The van der Waals surface area contributed by atoms with Gasteiger partial charge in [0.15, 0.2) is 5.69 Å².